The molecule has 0 aliphatic heterocycles. The Morgan fingerprint density at radius 1 is 0.818 bits per heavy atom. The summed E-state index contributed by atoms with van der Waals surface area (Å²) < 4.78 is 29.7. The number of hydrogen-bond acceptors (Lipinski definition) is 0. The maximum absolute atomic E-state index is 14.8. The third-order valence-corrected chi connectivity index (χ3v) is 4.50. The second-order valence-corrected chi connectivity index (χ2v) is 6.25. The molecule has 0 unspecified atom stereocenters. The van der Waals surface area contributed by atoms with Crippen LogP contribution in [0.15, 0.2) is 48.5 Å². The van der Waals surface area contributed by atoms with Crippen LogP contribution in [0.25, 0.3) is 21.9 Å². The van der Waals surface area contributed by atoms with Gasteiger partial charge in [-0.3, -0.25) is 0 Å². The lowest BCUT2D eigenvalue weighted by molar-refractivity contribution is -0.00323. The zero-order valence-corrected chi connectivity index (χ0v) is 12.6. The molecular formula is C20H16F2. The lowest BCUT2D eigenvalue weighted by Crippen LogP contribution is -2.23. The molecule has 0 heterocycles. The standard InChI is InChI=1S/C20H16F2/c1-12-4-7-17-14(9-12)5-8-18-16-6-3-13(2)10-15(16)11-20(21,22)19(17)18/h3-10H,11H2,1-2H3. The zero-order valence-electron chi connectivity index (χ0n) is 12.6. The van der Waals surface area contributed by atoms with E-state index in [2.05, 4.69) is 0 Å². The SMILES string of the molecule is Cc1ccc2c(c1)CC(F)(F)c1c-2ccc2cc(C)ccc12. The van der Waals surface area contributed by atoms with Gasteiger partial charge in [0.15, 0.2) is 0 Å². The van der Waals surface area contributed by atoms with Gasteiger partial charge in [0.05, 0.1) is 0 Å². The first-order valence-corrected chi connectivity index (χ1v) is 7.47. The van der Waals surface area contributed by atoms with E-state index in [9.17, 15) is 8.78 Å². The molecule has 22 heavy (non-hydrogen) atoms. The number of rotatable bonds is 0. The summed E-state index contributed by atoms with van der Waals surface area (Å²) >= 11 is 0. The summed E-state index contributed by atoms with van der Waals surface area (Å²) in [7, 11) is 0. The Kier molecular flexibility index (Phi) is 2.68. The molecule has 1 aliphatic rings. The van der Waals surface area contributed by atoms with Crippen molar-refractivity contribution in [1.82, 2.24) is 0 Å². The van der Waals surface area contributed by atoms with E-state index in [1.807, 2.05) is 62.4 Å². The predicted octanol–water partition coefficient (Wildman–Crippen LogP) is 5.77. The van der Waals surface area contributed by atoms with Crippen LogP contribution < -0.4 is 0 Å². The second-order valence-electron chi connectivity index (χ2n) is 6.25. The van der Waals surface area contributed by atoms with Gasteiger partial charge in [-0.2, -0.15) is 0 Å². The molecule has 3 aromatic rings. The molecule has 0 amide bonds. The lowest BCUT2D eigenvalue weighted by Gasteiger charge is -2.29. The van der Waals surface area contributed by atoms with Gasteiger partial charge in [0, 0.05) is 12.0 Å². The highest BCUT2D eigenvalue weighted by molar-refractivity contribution is 5.94. The van der Waals surface area contributed by atoms with Gasteiger partial charge in [0.2, 0.25) is 0 Å². The van der Waals surface area contributed by atoms with Gasteiger partial charge in [-0.25, -0.2) is 8.78 Å². The number of fused-ring (bicyclic) bond motifs is 5. The van der Waals surface area contributed by atoms with Gasteiger partial charge < -0.3 is 0 Å². The summed E-state index contributed by atoms with van der Waals surface area (Å²) in [6.07, 6.45) is -0.218. The van der Waals surface area contributed by atoms with Crippen LogP contribution in [0.1, 0.15) is 22.3 Å². The molecule has 0 N–H and O–H groups in total. The Morgan fingerprint density at radius 2 is 1.50 bits per heavy atom. The molecule has 0 aromatic heterocycles. The van der Waals surface area contributed by atoms with Gasteiger partial charge in [-0.05, 0) is 41.3 Å². The molecule has 0 saturated heterocycles. The van der Waals surface area contributed by atoms with Crippen LogP contribution in [0.5, 0.6) is 0 Å². The Hall–Kier alpha value is -2.22. The van der Waals surface area contributed by atoms with Gasteiger partial charge in [-0.1, -0.05) is 59.7 Å². The van der Waals surface area contributed by atoms with E-state index in [-0.39, 0.29) is 12.0 Å². The van der Waals surface area contributed by atoms with Crippen LogP contribution in [0.4, 0.5) is 8.78 Å². The molecule has 0 atom stereocenters. The number of hydrogen-bond donors (Lipinski definition) is 0. The Balaban J connectivity index is 2.11. The van der Waals surface area contributed by atoms with Gasteiger partial charge in [-0.15, -0.1) is 0 Å². The van der Waals surface area contributed by atoms with Gasteiger partial charge >= 0.3 is 0 Å². The van der Waals surface area contributed by atoms with Crippen molar-refractivity contribution in [3.8, 4) is 11.1 Å². The lowest BCUT2D eigenvalue weighted by atomic mass is 9.80. The van der Waals surface area contributed by atoms with Gasteiger partial charge in [0.25, 0.3) is 5.92 Å². The molecule has 2 heteroatoms. The molecule has 0 radical (unpaired) electrons. The van der Waals surface area contributed by atoms with Gasteiger partial charge in [0.1, 0.15) is 0 Å². The van der Waals surface area contributed by atoms with Crippen molar-refractivity contribution in [1.29, 1.82) is 0 Å². The smallest absolute Gasteiger partial charge is 0.201 e. The van der Waals surface area contributed by atoms with Crippen molar-refractivity contribution < 1.29 is 8.78 Å². The number of alkyl halides is 2. The Bertz CT molecular complexity index is 907. The number of halogens is 2. The summed E-state index contributed by atoms with van der Waals surface area (Å²) in [5.41, 5.74) is 4.64. The monoisotopic (exact) mass is 294 g/mol. The van der Waals surface area contributed by atoms with E-state index in [0.29, 0.717) is 10.9 Å². The van der Waals surface area contributed by atoms with E-state index in [1.54, 1.807) is 0 Å². The van der Waals surface area contributed by atoms with Crippen LogP contribution >= 0.6 is 0 Å². The maximum atomic E-state index is 14.8. The maximum Gasteiger partial charge on any atom is 0.278 e. The minimum Gasteiger partial charge on any atom is -0.201 e. The van der Waals surface area contributed by atoms with Crippen molar-refractivity contribution in [2.45, 2.75) is 26.2 Å². The van der Waals surface area contributed by atoms with E-state index < -0.39 is 5.92 Å². The highest BCUT2D eigenvalue weighted by Crippen LogP contribution is 2.48. The van der Waals surface area contributed by atoms with Crippen LogP contribution in [-0.2, 0) is 12.3 Å². The first kappa shape index (κ1) is 13.4. The fraction of sp³-hybridized carbons (Fsp3) is 0.200. The molecule has 0 bridgehead atoms. The summed E-state index contributed by atoms with van der Waals surface area (Å²) in [4.78, 5) is 0. The molecule has 0 fully saturated rings. The Labute approximate surface area is 128 Å². The summed E-state index contributed by atoms with van der Waals surface area (Å²) in [6.45, 7) is 3.92. The number of benzene rings is 3. The quantitative estimate of drug-likeness (QED) is 0.493. The Morgan fingerprint density at radius 3 is 2.32 bits per heavy atom. The summed E-state index contributed by atoms with van der Waals surface area (Å²) in [5, 5.41) is 1.55. The average Bonchev–Trinajstić information content (AvgIpc) is 2.45. The summed E-state index contributed by atoms with van der Waals surface area (Å²) in [6, 6.07) is 15.3. The van der Waals surface area contributed by atoms with Crippen molar-refractivity contribution in [3.05, 3.63) is 70.8 Å². The molecule has 0 spiro atoms. The molecular weight excluding hydrogens is 278 g/mol. The molecule has 4 rings (SSSR count). The normalized spacial score (nSPS) is 15.5. The van der Waals surface area contributed by atoms with Crippen molar-refractivity contribution in [2.24, 2.45) is 0 Å². The predicted molar refractivity (Wildman–Crippen MR) is 86.5 cm³/mol. The van der Waals surface area contributed by atoms with Crippen LogP contribution in [-0.4, -0.2) is 0 Å². The van der Waals surface area contributed by atoms with E-state index in [4.69, 9.17) is 0 Å². The molecule has 0 nitrogen and oxygen atoms in total. The number of aryl methyl sites for hydroxylation is 2. The van der Waals surface area contributed by atoms with Crippen molar-refractivity contribution >= 4 is 10.8 Å². The minimum absolute atomic E-state index is 0.182. The largest absolute Gasteiger partial charge is 0.278 e. The van der Waals surface area contributed by atoms with Crippen LogP contribution in [0, 0.1) is 13.8 Å². The fourth-order valence-electron chi connectivity index (χ4n) is 3.53. The van der Waals surface area contributed by atoms with E-state index in [0.717, 1.165) is 27.6 Å². The molecule has 1 aliphatic carbocycles. The van der Waals surface area contributed by atoms with E-state index in [1.165, 1.54) is 0 Å². The van der Waals surface area contributed by atoms with Crippen LogP contribution in [0.3, 0.4) is 0 Å². The summed E-state index contributed by atoms with van der Waals surface area (Å²) in [5.74, 6) is -2.83. The molecule has 110 valence electrons. The highest BCUT2D eigenvalue weighted by atomic mass is 19.3. The third-order valence-electron chi connectivity index (χ3n) is 4.50. The average molecular weight is 294 g/mol. The highest BCUT2D eigenvalue weighted by Gasteiger charge is 2.40. The molecule has 3 aromatic carbocycles. The van der Waals surface area contributed by atoms with Crippen molar-refractivity contribution in [3.63, 3.8) is 0 Å². The van der Waals surface area contributed by atoms with E-state index >= 15 is 0 Å². The minimum atomic E-state index is -2.83. The topological polar surface area (TPSA) is 0 Å². The third kappa shape index (κ3) is 1.87. The van der Waals surface area contributed by atoms with Crippen LogP contribution in [0.2, 0.25) is 0 Å². The first-order valence-electron chi connectivity index (χ1n) is 7.47. The first-order chi connectivity index (χ1) is 10.5. The van der Waals surface area contributed by atoms with Crippen molar-refractivity contribution in [2.75, 3.05) is 0 Å². The fourth-order valence-corrected chi connectivity index (χ4v) is 3.53. The zero-order chi connectivity index (χ0) is 15.5. The molecule has 0 saturated carbocycles. The second kappa shape index (κ2) is 4.39.